The predicted octanol–water partition coefficient (Wildman–Crippen LogP) is 1.68. The number of nitrogen functional groups attached to an aromatic ring is 1. The van der Waals surface area contributed by atoms with Crippen molar-refractivity contribution in [1.29, 1.82) is 0 Å². The van der Waals surface area contributed by atoms with Gasteiger partial charge in [-0.15, -0.1) is 0 Å². The summed E-state index contributed by atoms with van der Waals surface area (Å²) in [5.74, 6) is 0.698. The van der Waals surface area contributed by atoms with Crippen LogP contribution in [0.25, 0.3) is 11.4 Å². The largest absolute Gasteiger partial charge is 0.396 e. The molecule has 2 aromatic heterocycles. The smallest absolute Gasteiger partial charge is 0.159 e. The Kier molecular flexibility index (Phi) is 2.58. The van der Waals surface area contributed by atoms with Crippen LogP contribution in [0.15, 0.2) is 30.9 Å². The summed E-state index contributed by atoms with van der Waals surface area (Å²) in [6, 6.07) is 1.92. The van der Waals surface area contributed by atoms with E-state index in [-0.39, 0.29) is 0 Å². The van der Waals surface area contributed by atoms with Gasteiger partial charge in [0.05, 0.1) is 18.1 Å². The van der Waals surface area contributed by atoms with Crippen LogP contribution in [-0.4, -0.2) is 15.0 Å². The maximum absolute atomic E-state index is 5.54. The Morgan fingerprint density at radius 3 is 2.60 bits per heavy atom. The first-order valence-corrected chi connectivity index (χ1v) is 4.82. The Hall–Kier alpha value is -1.97. The highest BCUT2D eigenvalue weighted by molar-refractivity contribution is 5.59. The van der Waals surface area contributed by atoms with Crippen LogP contribution in [0.4, 0.5) is 5.69 Å². The molecule has 0 aliphatic carbocycles. The van der Waals surface area contributed by atoms with Crippen LogP contribution in [0.2, 0.25) is 0 Å². The van der Waals surface area contributed by atoms with Gasteiger partial charge in [-0.2, -0.15) is 0 Å². The Bertz CT molecular complexity index is 450. The summed E-state index contributed by atoms with van der Waals surface area (Å²) in [6.07, 6.45) is 7.73. The fraction of sp³-hybridized carbons (Fsp3) is 0.182. The second kappa shape index (κ2) is 4.04. The number of nitrogens with two attached hydrogens (primary N) is 1. The van der Waals surface area contributed by atoms with Crippen molar-refractivity contribution in [3.05, 3.63) is 36.4 Å². The SMILES string of the molecule is CCc1cnccc1-c1ncc(N)cn1. The molecule has 0 saturated heterocycles. The minimum Gasteiger partial charge on any atom is -0.396 e. The fourth-order valence-corrected chi connectivity index (χ4v) is 1.40. The lowest BCUT2D eigenvalue weighted by Crippen LogP contribution is -1.95. The number of nitrogens with zero attached hydrogens (tertiary/aromatic N) is 3. The monoisotopic (exact) mass is 200 g/mol. The summed E-state index contributed by atoms with van der Waals surface area (Å²) < 4.78 is 0. The van der Waals surface area contributed by atoms with E-state index < -0.39 is 0 Å². The van der Waals surface area contributed by atoms with Crippen LogP contribution in [0.3, 0.4) is 0 Å². The van der Waals surface area contributed by atoms with Gasteiger partial charge < -0.3 is 5.73 Å². The van der Waals surface area contributed by atoms with E-state index in [1.165, 1.54) is 0 Å². The average Bonchev–Trinajstić information content (AvgIpc) is 2.30. The van der Waals surface area contributed by atoms with Gasteiger partial charge in [0.1, 0.15) is 0 Å². The molecule has 2 aromatic rings. The van der Waals surface area contributed by atoms with Crippen molar-refractivity contribution in [2.75, 3.05) is 5.73 Å². The van der Waals surface area contributed by atoms with Crippen LogP contribution in [0.5, 0.6) is 0 Å². The normalized spacial score (nSPS) is 10.2. The van der Waals surface area contributed by atoms with E-state index in [1.807, 2.05) is 12.3 Å². The fourth-order valence-electron chi connectivity index (χ4n) is 1.40. The van der Waals surface area contributed by atoms with Crippen molar-refractivity contribution in [2.24, 2.45) is 0 Å². The van der Waals surface area contributed by atoms with E-state index in [4.69, 9.17) is 5.73 Å². The van der Waals surface area contributed by atoms with Gasteiger partial charge >= 0.3 is 0 Å². The summed E-state index contributed by atoms with van der Waals surface area (Å²) in [5.41, 5.74) is 8.27. The molecule has 2 heterocycles. The summed E-state index contributed by atoms with van der Waals surface area (Å²) in [7, 11) is 0. The zero-order chi connectivity index (χ0) is 10.7. The lowest BCUT2D eigenvalue weighted by Gasteiger charge is -2.04. The number of hydrogen-bond donors (Lipinski definition) is 1. The number of pyridine rings is 1. The van der Waals surface area contributed by atoms with Gasteiger partial charge in [0.15, 0.2) is 5.82 Å². The third-order valence-electron chi connectivity index (χ3n) is 2.20. The molecule has 0 spiro atoms. The van der Waals surface area contributed by atoms with Crippen molar-refractivity contribution in [1.82, 2.24) is 15.0 Å². The van der Waals surface area contributed by atoms with Crippen molar-refractivity contribution in [3.8, 4) is 11.4 Å². The number of rotatable bonds is 2. The third-order valence-corrected chi connectivity index (χ3v) is 2.20. The number of hydrogen-bond acceptors (Lipinski definition) is 4. The molecule has 2 N–H and O–H groups in total. The minimum atomic E-state index is 0.575. The summed E-state index contributed by atoms with van der Waals surface area (Å²) in [4.78, 5) is 12.5. The van der Waals surface area contributed by atoms with E-state index in [9.17, 15) is 0 Å². The molecule has 0 radical (unpaired) electrons. The van der Waals surface area contributed by atoms with Gasteiger partial charge in [-0.05, 0) is 18.1 Å². The molecule has 0 unspecified atom stereocenters. The van der Waals surface area contributed by atoms with Crippen molar-refractivity contribution < 1.29 is 0 Å². The molecule has 0 fully saturated rings. The second-order valence-electron chi connectivity index (χ2n) is 3.23. The topological polar surface area (TPSA) is 64.7 Å². The minimum absolute atomic E-state index is 0.575. The molecule has 0 aliphatic heterocycles. The lowest BCUT2D eigenvalue weighted by atomic mass is 10.1. The van der Waals surface area contributed by atoms with E-state index in [1.54, 1.807) is 18.6 Å². The Balaban J connectivity index is 2.49. The van der Waals surface area contributed by atoms with Gasteiger partial charge in [0.2, 0.25) is 0 Å². The maximum atomic E-state index is 5.54. The van der Waals surface area contributed by atoms with Gasteiger partial charge in [-0.25, -0.2) is 9.97 Å². The molecule has 0 aromatic carbocycles. The number of aryl methyl sites for hydroxylation is 1. The molecule has 0 saturated carbocycles. The van der Waals surface area contributed by atoms with Crippen LogP contribution in [0.1, 0.15) is 12.5 Å². The molecule has 0 bridgehead atoms. The molecule has 0 atom stereocenters. The predicted molar refractivity (Wildman–Crippen MR) is 59.1 cm³/mol. The Morgan fingerprint density at radius 2 is 1.93 bits per heavy atom. The zero-order valence-corrected chi connectivity index (χ0v) is 8.51. The molecule has 4 nitrogen and oxygen atoms in total. The molecular formula is C11H12N4. The molecule has 15 heavy (non-hydrogen) atoms. The van der Waals surface area contributed by atoms with Crippen LogP contribution in [-0.2, 0) is 6.42 Å². The average molecular weight is 200 g/mol. The first-order valence-electron chi connectivity index (χ1n) is 4.82. The molecule has 76 valence electrons. The van der Waals surface area contributed by atoms with Gasteiger partial charge in [0, 0.05) is 18.0 Å². The quantitative estimate of drug-likeness (QED) is 0.801. The van der Waals surface area contributed by atoms with Gasteiger partial charge in [-0.1, -0.05) is 6.92 Å². The van der Waals surface area contributed by atoms with E-state index >= 15 is 0 Å². The molecular weight excluding hydrogens is 188 g/mol. The highest BCUT2D eigenvalue weighted by Crippen LogP contribution is 2.19. The standard InChI is InChI=1S/C11H12N4/c1-2-8-5-13-4-3-10(8)11-14-6-9(12)7-15-11/h3-7H,2,12H2,1H3. The first kappa shape index (κ1) is 9.58. The van der Waals surface area contributed by atoms with Gasteiger partial charge in [0.25, 0.3) is 0 Å². The summed E-state index contributed by atoms with van der Waals surface area (Å²) in [6.45, 7) is 2.08. The van der Waals surface area contributed by atoms with Crippen molar-refractivity contribution in [2.45, 2.75) is 13.3 Å². The van der Waals surface area contributed by atoms with Gasteiger partial charge in [-0.3, -0.25) is 4.98 Å². The first-order chi connectivity index (χ1) is 7.31. The number of anilines is 1. The second-order valence-corrected chi connectivity index (χ2v) is 3.23. The Morgan fingerprint density at radius 1 is 1.20 bits per heavy atom. The third kappa shape index (κ3) is 1.93. The van der Waals surface area contributed by atoms with Crippen molar-refractivity contribution in [3.63, 3.8) is 0 Å². The molecule has 4 heteroatoms. The van der Waals surface area contributed by atoms with E-state index in [0.29, 0.717) is 11.5 Å². The summed E-state index contributed by atoms with van der Waals surface area (Å²) in [5, 5.41) is 0. The number of aromatic nitrogens is 3. The summed E-state index contributed by atoms with van der Waals surface area (Å²) >= 11 is 0. The van der Waals surface area contributed by atoms with Crippen LogP contribution in [0, 0.1) is 0 Å². The molecule has 0 amide bonds. The zero-order valence-electron chi connectivity index (χ0n) is 8.51. The highest BCUT2D eigenvalue weighted by atomic mass is 14.9. The van der Waals surface area contributed by atoms with E-state index in [0.717, 1.165) is 17.5 Å². The maximum Gasteiger partial charge on any atom is 0.159 e. The van der Waals surface area contributed by atoms with Crippen LogP contribution >= 0.6 is 0 Å². The highest BCUT2D eigenvalue weighted by Gasteiger charge is 2.05. The lowest BCUT2D eigenvalue weighted by molar-refractivity contribution is 1.08. The van der Waals surface area contributed by atoms with Crippen molar-refractivity contribution >= 4 is 5.69 Å². The Labute approximate surface area is 88.2 Å². The van der Waals surface area contributed by atoms with Crippen LogP contribution < -0.4 is 5.73 Å². The molecule has 2 rings (SSSR count). The molecule has 0 aliphatic rings. The van der Waals surface area contributed by atoms with E-state index in [2.05, 4.69) is 21.9 Å².